The standard InChI is InChI=1S/C25H22F2N4O2S/c1-15-28-22(23(34-15)16-5-9-18(26)10-6-16)25(32)31-13-3-2-4-20(31)14-21-29-30-24(33-21)17-7-11-19(27)12-8-17/h5-12,20H,2-4,13-14H2,1H3. The van der Waals surface area contributed by atoms with Gasteiger partial charge in [0.1, 0.15) is 17.3 Å². The van der Waals surface area contributed by atoms with Gasteiger partial charge in [0.2, 0.25) is 11.8 Å². The van der Waals surface area contributed by atoms with Crippen LogP contribution in [0.15, 0.2) is 52.9 Å². The molecule has 0 saturated carbocycles. The van der Waals surface area contributed by atoms with Crippen LogP contribution in [0.25, 0.3) is 21.9 Å². The molecule has 1 unspecified atom stereocenters. The number of aromatic nitrogens is 3. The predicted molar refractivity (Wildman–Crippen MR) is 124 cm³/mol. The summed E-state index contributed by atoms with van der Waals surface area (Å²) in [6.07, 6.45) is 3.14. The lowest BCUT2D eigenvalue weighted by molar-refractivity contribution is 0.0601. The fourth-order valence-corrected chi connectivity index (χ4v) is 5.15. The van der Waals surface area contributed by atoms with Crippen molar-refractivity contribution in [1.82, 2.24) is 20.1 Å². The second-order valence-electron chi connectivity index (χ2n) is 8.28. The number of piperidine rings is 1. The minimum atomic E-state index is -0.336. The van der Waals surface area contributed by atoms with E-state index in [0.29, 0.717) is 36.0 Å². The number of benzene rings is 2. The second-order valence-corrected chi connectivity index (χ2v) is 9.48. The lowest BCUT2D eigenvalue weighted by Gasteiger charge is -2.35. The molecule has 4 aromatic rings. The summed E-state index contributed by atoms with van der Waals surface area (Å²) in [7, 11) is 0. The zero-order chi connectivity index (χ0) is 23.7. The summed E-state index contributed by atoms with van der Waals surface area (Å²) in [5.74, 6) is -0.0630. The molecule has 0 radical (unpaired) electrons. The van der Waals surface area contributed by atoms with E-state index in [0.717, 1.165) is 34.7 Å². The normalized spacial score (nSPS) is 16.1. The highest BCUT2D eigenvalue weighted by molar-refractivity contribution is 7.15. The number of aryl methyl sites for hydroxylation is 1. The van der Waals surface area contributed by atoms with E-state index in [1.165, 1.54) is 35.6 Å². The molecule has 1 saturated heterocycles. The van der Waals surface area contributed by atoms with Crippen LogP contribution in [0.4, 0.5) is 8.78 Å². The minimum Gasteiger partial charge on any atom is -0.421 e. The number of hydrogen-bond donors (Lipinski definition) is 0. The fraction of sp³-hybridized carbons (Fsp3) is 0.280. The van der Waals surface area contributed by atoms with E-state index in [1.807, 2.05) is 11.8 Å². The molecule has 1 aliphatic rings. The predicted octanol–water partition coefficient (Wildman–Crippen LogP) is 5.68. The summed E-state index contributed by atoms with van der Waals surface area (Å²) in [5.41, 5.74) is 1.79. The van der Waals surface area contributed by atoms with Gasteiger partial charge in [-0.1, -0.05) is 12.1 Å². The molecule has 34 heavy (non-hydrogen) atoms. The number of amides is 1. The molecule has 9 heteroatoms. The number of nitrogens with zero attached hydrogens (tertiary/aromatic N) is 4. The molecule has 1 atom stereocenters. The lowest BCUT2D eigenvalue weighted by Crippen LogP contribution is -2.45. The molecule has 0 bridgehead atoms. The summed E-state index contributed by atoms with van der Waals surface area (Å²) in [4.78, 5) is 20.7. The fourth-order valence-electron chi connectivity index (χ4n) is 4.23. The molecule has 6 nitrogen and oxygen atoms in total. The summed E-state index contributed by atoms with van der Waals surface area (Å²) in [6.45, 7) is 2.47. The zero-order valence-corrected chi connectivity index (χ0v) is 19.3. The maximum Gasteiger partial charge on any atom is 0.274 e. The molecule has 5 rings (SSSR count). The Hall–Kier alpha value is -3.46. The molecule has 2 aromatic heterocycles. The van der Waals surface area contributed by atoms with E-state index < -0.39 is 0 Å². The van der Waals surface area contributed by atoms with Crippen LogP contribution < -0.4 is 0 Å². The maximum absolute atomic E-state index is 13.6. The molecule has 0 spiro atoms. The molecule has 1 fully saturated rings. The number of halogens is 2. The molecule has 0 aliphatic carbocycles. The van der Waals surface area contributed by atoms with Gasteiger partial charge in [-0.3, -0.25) is 4.79 Å². The van der Waals surface area contributed by atoms with Crippen molar-refractivity contribution in [2.45, 2.75) is 38.6 Å². The highest BCUT2D eigenvalue weighted by atomic mass is 32.1. The van der Waals surface area contributed by atoms with Crippen LogP contribution in [0.3, 0.4) is 0 Å². The summed E-state index contributed by atoms with van der Waals surface area (Å²) >= 11 is 1.42. The van der Waals surface area contributed by atoms with Crippen molar-refractivity contribution in [3.8, 4) is 21.9 Å². The number of likely N-dealkylation sites (tertiary alicyclic amines) is 1. The summed E-state index contributed by atoms with van der Waals surface area (Å²) in [6, 6.07) is 11.9. The highest BCUT2D eigenvalue weighted by Crippen LogP contribution is 2.33. The average molecular weight is 481 g/mol. The zero-order valence-electron chi connectivity index (χ0n) is 18.5. The van der Waals surface area contributed by atoms with Crippen LogP contribution in [0.2, 0.25) is 0 Å². The van der Waals surface area contributed by atoms with Gasteiger partial charge in [0.25, 0.3) is 5.91 Å². The number of thiazole rings is 1. The van der Waals surface area contributed by atoms with E-state index in [4.69, 9.17) is 4.42 Å². The number of carbonyl (C=O) groups excluding carboxylic acids is 1. The number of rotatable bonds is 5. The van der Waals surface area contributed by atoms with Crippen LogP contribution in [0, 0.1) is 18.6 Å². The van der Waals surface area contributed by atoms with Crippen molar-refractivity contribution in [3.05, 3.63) is 76.8 Å². The quantitative estimate of drug-likeness (QED) is 0.367. The van der Waals surface area contributed by atoms with Crippen molar-refractivity contribution >= 4 is 17.2 Å². The van der Waals surface area contributed by atoms with Crippen molar-refractivity contribution in [2.24, 2.45) is 0 Å². The minimum absolute atomic E-state index is 0.106. The average Bonchev–Trinajstić information content (AvgIpc) is 3.47. The Kier molecular flexibility index (Phi) is 6.19. The van der Waals surface area contributed by atoms with Gasteiger partial charge >= 0.3 is 0 Å². The topological polar surface area (TPSA) is 72.1 Å². The Morgan fingerprint density at radius 1 is 1.03 bits per heavy atom. The maximum atomic E-state index is 13.6. The SMILES string of the molecule is Cc1nc(C(=O)N2CCCCC2Cc2nnc(-c3ccc(F)cc3)o2)c(-c2ccc(F)cc2)s1. The molecule has 3 heterocycles. The molecule has 0 N–H and O–H groups in total. The molecular weight excluding hydrogens is 458 g/mol. The first kappa shape index (κ1) is 22.3. The van der Waals surface area contributed by atoms with Gasteiger partial charge in [-0.25, -0.2) is 13.8 Å². The van der Waals surface area contributed by atoms with Crippen LogP contribution >= 0.6 is 11.3 Å². The van der Waals surface area contributed by atoms with Gasteiger partial charge in [-0.05, 0) is 68.1 Å². The van der Waals surface area contributed by atoms with Gasteiger partial charge < -0.3 is 9.32 Å². The summed E-state index contributed by atoms with van der Waals surface area (Å²) in [5, 5.41) is 9.02. The van der Waals surface area contributed by atoms with Gasteiger partial charge in [-0.15, -0.1) is 21.5 Å². The van der Waals surface area contributed by atoms with Crippen LogP contribution in [-0.4, -0.2) is 38.6 Å². The molecule has 1 amide bonds. The Labute approximate surface area is 199 Å². The lowest BCUT2D eigenvalue weighted by atomic mass is 9.98. The van der Waals surface area contributed by atoms with Crippen LogP contribution in [0.1, 0.15) is 40.6 Å². The van der Waals surface area contributed by atoms with Crippen molar-refractivity contribution in [3.63, 3.8) is 0 Å². The van der Waals surface area contributed by atoms with Crippen LogP contribution in [0.5, 0.6) is 0 Å². The van der Waals surface area contributed by atoms with E-state index in [9.17, 15) is 13.6 Å². The van der Waals surface area contributed by atoms with Crippen molar-refractivity contribution in [1.29, 1.82) is 0 Å². The largest absolute Gasteiger partial charge is 0.421 e. The molecular formula is C25H22F2N4O2S. The van der Waals surface area contributed by atoms with Crippen molar-refractivity contribution < 1.29 is 18.0 Å². The monoisotopic (exact) mass is 480 g/mol. The Morgan fingerprint density at radius 3 is 2.41 bits per heavy atom. The van der Waals surface area contributed by atoms with Gasteiger partial charge in [0, 0.05) is 24.6 Å². The second kappa shape index (κ2) is 9.42. The van der Waals surface area contributed by atoms with Crippen LogP contribution in [-0.2, 0) is 6.42 Å². The third-order valence-electron chi connectivity index (χ3n) is 5.90. The van der Waals surface area contributed by atoms with E-state index in [2.05, 4.69) is 15.2 Å². The Bertz CT molecular complexity index is 1300. The first-order chi connectivity index (χ1) is 16.5. The number of carbonyl (C=O) groups is 1. The summed E-state index contributed by atoms with van der Waals surface area (Å²) < 4.78 is 32.4. The van der Waals surface area contributed by atoms with E-state index >= 15 is 0 Å². The van der Waals surface area contributed by atoms with E-state index in [-0.39, 0.29) is 23.6 Å². The van der Waals surface area contributed by atoms with E-state index in [1.54, 1.807) is 24.3 Å². The first-order valence-electron chi connectivity index (χ1n) is 11.1. The number of hydrogen-bond acceptors (Lipinski definition) is 6. The van der Waals surface area contributed by atoms with Gasteiger partial charge in [-0.2, -0.15) is 0 Å². The Morgan fingerprint density at radius 2 is 1.71 bits per heavy atom. The molecule has 1 aliphatic heterocycles. The van der Waals surface area contributed by atoms with Gasteiger partial charge in [0.15, 0.2) is 0 Å². The third-order valence-corrected chi connectivity index (χ3v) is 6.92. The van der Waals surface area contributed by atoms with Crippen molar-refractivity contribution in [2.75, 3.05) is 6.54 Å². The highest BCUT2D eigenvalue weighted by Gasteiger charge is 2.32. The first-order valence-corrected chi connectivity index (χ1v) is 11.9. The Balaban J connectivity index is 1.38. The third kappa shape index (κ3) is 4.61. The van der Waals surface area contributed by atoms with Gasteiger partial charge in [0.05, 0.1) is 9.88 Å². The molecule has 2 aromatic carbocycles. The smallest absolute Gasteiger partial charge is 0.274 e. The molecule has 174 valence electrons.